The van der Waals surface area contributed by atoms with E-state index in [4.69, 9.17) is 18.9 Å². The van der Waals surface area contributed by atoms with Crippen molar-refractivity contribution in [2.75, 3.05) is 26.4 Å². The largest absolute Gasteiger partial charge is 0.493 e. The van der Waals surface area contributed by atoms with Crippen molar-refractivity contribution in [1.82, 2.24) is 0 Å². The standard InChI is InChI=1S/C78H100O4/c1-5-9-13-17-21-31-57-79-75-62-72(76(80-58-32-22-18-14-10-6-2)61-71(75)53-49-66-37-29-26-30-38-66)55-51-69-45-47-70(48-46-69)52-56-74-64-77(81-59-33-23-19-15-11-7-3)73(63-78(74)82-60-34-24-20-16-12-8-4)54-50-68-43-41-67(42-44-68)40-39-65-35-27-25-28-36-65/h25-30,35-56,61-64H,5-24,31-34,57-60H2,1-4H3/b40-39+,53-49+,54-50+,55-51+,56-52+. The minimum atomic E-state index is 0.679. The molecule has 6 rings (SSSR count). The summed E-state index contributed by atoms with van der Waals surface area (Å²) in [6.07, 6.45) is 51.1. The first-order valence-corrected chi connectivity index (χ1v) is 32.1. The Kier molecular flexibility index (Phi) is 31.7. The molecule has 436 valence electrons. The summed E-state index contributed by atoms with van der Waals surface area (Å²) in [6.45, 7) is 11.8. The van der Waals surface area contributed by atoms with Gasteiger partial charge in [0.25, 0.3) is 0 Å². The topological polar surface area (TPSA) is 36.9 Å². The molecule has 0 N–H and O–H groups in total. The van der Waals surface area contributed by atoms with Crippen molar-refractivity contribution >= 4 is 60.8 Å². The highest BCUT2D eigenvalue weighted by molar-refractivity contribution is 5.81. The average molecular weight is 1100 g/mol. The van der Waals surface area contributed by atoms with Crippen LogP contribution in [0.1, 0.15) is 237 Å². The van der Waals surface area contributed by atoms with E-state index >= 15 is 0 Å². The maximum Gasteiger partial charge on any atom is 0.127 e. The van der Waals surface area contributed by atoms with Gasteiger partial charge in [0.15, 0.2) is 0 Å². The number of hydrogen-bond acceptors (Lipinski definition) is 4. The summed E-state index contributed by atoms with van der Waals surface area (Å²) in [6, 6.07) is 47.2. The molecular weight excluding hydrogens is 1000 g/mol. The minimum Gasteiger partial charge on any atom is -0.493 e. The predicted molar refractivity (Wildman–Crippen MR) is 359 cm³/mol. The van der Waals surface area contributed by atoms with Gasteiger partial charge >= 0.3 is 0 Å². The molecule has 4 heteroatoms. The van der Waals surface area contributed by atoms with Crippen molar-refractivity contribution < 1.29 is 18.9 Å². The maximum atomic E-state index is 6.71. The van der Waals surface area contributed by atoms with Crippen LogP contribution in [-0.4, -0.2) is 26.4 Å². The van der Waals surface area contributed by atoms with Crippen LogP contribution in [0.15, 0.2) is 133 Å². The Morgan fingerprint density at radius 1 is 0.220 bits per heavy atom. The second-order valence-electron chi connectivity index (χ2n) is 22.1. The Bertz CT molecular complexity index is 2780. The molecular formula is C78H100O4. The fourth-order valence-corrected chi connectivity index (χ4v) is 9.96. The highest BCUT2D eigenvalue weighted by Gasteiger charge is 2.13. The molecule has 0 atom stereocenters. The van der Waals surface area contributed by atoms with E-state index in [1.165, 1.54) is 140 Å². The molecule has 82 heavy (non-hydrogen) atoms. The molecule has 0 aromatic heterocycles. The van der Waals surface area contributed by atoms with E-state index in [0.717, 1.165) is 93.2 Å². The number of benzene rings is 6. The number of ether oxygens (including phenoxy) is 4. The Morgan fingerprint density at radius 2 is 0.415 bits per heavy atom. The average Bonchev–Trinajstić information content (AvgIpc) is 3.58. The highest BCUT2D eigenvalue weighted by atomic mass is 16.5. The van der Waals surface area contributed by atoms with Gasteiger partial charge < -0.3 is 18.9 Å². The van der Waals surface area contributed by atoms with Gasteiger partial charge in [-0.2, -0.15) is 0 Å². The van der Waals surface area contributed by atoms with Crippen molar-refractivity contribution in [2.45, 2.75) is 182 Å². The molecule has 0 aliphatic rings. The van der Waals surface area contributed by atoms with Gasteiger partial charge in [0.05, 0.1) is 26.4 Å². The molecule has 0 bridgehead atoms. The number of unbranched alkanes of at least 4 members (excludes halogenated alkanes) is 20. The van der Waals surface area contributed by atoms with Crippen LogP contribution >= 0.6 is 0 Å². The van der Waals surface area contributed by atoms with Crippen molar-refractivity contribution in [1.29, 1.82) is 0 Å². The summed E-state index contributed by atoms with van der Waals surface area (Å²) < 4.78 is 26.7. The Balaban J connectivity index is 1.25. The van der Waals surface area contributed by atoms with E-state index in [1.807, 2.05) is 0 Å². The smallest absolute Gasteiger partial charge is 0.127 e. The van der Waals surface area contributed by atoms with Gasteiger partial charge in [-0.15, -0.1) is 0 Å². The van der Waals surface area contributed by atoms with E-state index in [1.54, 1.807) is 0 Å². The van der Waals surface area contributed by atoms with Crippen molar-refractivity contribution in [2.24, 2.45) is 0 Å². The predicted octanol–water partition coefficient (Wildman–Crippen LogP) is 23.5. The first kappa shape index (κ1) is 64.4. The summed E-state index contributed by atoms with van der Waals surface area (Å²) in [7, 11) is 0. The summed E-state index contributed by atoms with van der Waals surface area (Å²) in [5, 5.41) is 0. The lowest BCUT2D eigenvalue weighted by Crippen LogP contribution is -2.03. The second-order valence-corrected chi connectivity index (χ2v) is 22.1. The molecule has 0 heterocycles. The second kappa shape index (κ2) is 40.4. The molecule has 0 saturated heterocycles. The molecule has 0 aliphatic carbocycles. The molecule has 0 amide bonds. The quantitative estimate of drug-likeness (QED) is 0.0283. The van der Waals surface area contributed by atoms with Gasteiger partial charge in [-0.1, -0.05) is 326 Å². The van der Waals surface area contributed by atoms with Gasteiger partial charge in [-0.05, 0) is 83.3 Å². The van der Waals surface area contributed by atoms with Gasteiger partial charge in [0.1, 0.15) is 23.0 Å². The Hall–Kier alpha value is -6.78. The molecule has 0 unspecified atom stereocenters. The molecule has 0 radical (unpaired) electrons. The molecule has 4 nitrogen and oxygen atoms in total. The molecule has 0 fully saturated rings. The first-order chi connectivity index (χ1) is 40.5. The zero-order valence-corrected chi connectivity index (χ0v) is 50.9. The van der Waals surface area contributed by atoms with Gasteiger partial charge in [0, 0.05) is 22.3 Å². The third kappa shape index (κ3) is 25.6. The molecule has 0 aliphatic heterocycles. The van der Waals surface area contributed by atoms with E-state index in [2.05, 4.69) is 222 Å². The maximum absolute atomic E-state index is 6.71. The monoisotopic (exact) mass is 1100 g/mol. The van der Waals surface area contributed by atoms with Crippen molar-refractivity contribution in [3.8, 4) is 23.0 Å². The third-order valence-electron chi connectivity index (χ3n) is 15.1. The normalized spacial score (nSPS) is 11.8. The first-order valence-electron chi connectivity index (χ1n) is 32.1. The van der Waals surface area contributed by atoms with Crippen molar-refractivity contribution in [3.63, 3.8) is 0 Å². The Labute approximate surface area is 497 Å². The van der Waals surface area contributed by atoms with Crippen LogP contribution in [0.5, 0.6) is 23.0 Å². The summed E-state index contributed by atoms with van der Waals surface area (Å²) in [5.41, 5.74) is 11.0. The molecule has 0 saturated carbocycles. The van der Waals surface area contributed by atoms with Crippen molar-refractivity contribution in [3.05, 3.63) is 189 Å². The lowest BCUT2D eigenvalue weighted by Gasteiger charge is -2.16. The van der Waals surface area contributed by atoms with Crippen LogP contribution in [0.25, 0.3) is 60.8 Å². The van der Waals surface area contributed by atoms with E-state index in [0.29, 0.717) is 26.4 Å². The minimum absolute atomic E-state index is 0.679. The zero-order valence-electron chi connectivity index (χ0n) is 50.9. The van der Waals surface area contributed by atoms with Gasteiger partial charge in [-0.3, -0.25) is 0 Å². The van der Waals surface area contributed by atoms with Crippen LogP contribution in [0.2, 0.25) is 0 Å². The zero-order chi connectivity index (χ0) is 57.3. The van der Waals surface area contributed by atoms with Gasteiger partial charge in [-0.25, -0.2) is 0 Å². The van der Waals surface area contributed by atoms with E-state index < -0.39 is 0 Å². The van der Waals surface area contributed by atoms with Crippen LogP contribution in [-0.2, 0) is 0 Å². The summed E-state index contributed by atoms with van der Waals surface area (Å²) in [5.74, 6) is 3.53. The lowest BCUT2D eigenvalue weighted by molar-refractivity contribution is 0.295. The SMILES string of the molecule is CCCCCCCCOc1cc(/C=C/c2ccc(/C=C/c3cc(OCCCCCCCC)c(/C=C/c4ccc(/C=C/c5ccccc5)cc4)cc3OCCCCCCCC)cc2)c(OCCCCCCCC)cc1/C=C/c1ccccc1. The number of rotatable bonds is 42. The number of hydrogen-bond donors (Lipinski definition) is 0. The fraction of sp³-hybridized carbons (Fsp3) is 0.410. The third-order valence-corrected chi connectivity index (χ3v) is 15.1. The van der Waals surface area contributed by atoms with Crippen LogP contribution in [0.4, 0.5) is 0 Å². The van der Waals surface area contributed by atoms with Gasteiger partial charge in [0.2, 0.25) is 0 Å². The molecule has 6 aromatic carbocycles. The molecule has 0 spiro atoms. The van der Waals surface area contributed by atoms with E-state index in [-0.39, 0.29) is 0 Å². The Morgan fingerprint density at radius 3 is 0.646 bits per heavy atom. The van der Waals surface area contributed by atoms with Crippen LogP contribution < -0.4 is 18.9 Å². The summed E-state index contributed by atoms with van der Waals surface area (Å²) >= 11 is 0. The lowest BCUT2D eigenvalue weighted by atomic mass is 10.0. The fourth-order valence-electron chi connectivity index (χ4n) is 9.96. The summed E-state index contributed by atoms with van der Waals surface area (Å²) in [4.78, 5) is 0. The van der Waals surface area contributed by atoms with E-state index in [9.17, 15) is 0 Å². The highest BCUT2D eigenvalue weighted by Crippen LogP contribution is 2.35. The molecule has 6 aromatic rings. The van der Waals surface area contributed by atoms with Crippen LogP contribution in [0.3, 0.4) is 0 Å². The van der Waals surface area contributed by atoms with Crippen LogP contribution in [0, 0.1) is 0 Å².